The van der Waals surface area contributed by atoms with Crippen LogP contribution in [0, 0.1) is 0 Å². The summed E-state index contributed by atoms with van der Waals surface area (Å²) in [7, 11) is 2.01. The Balaban J connectivity index is 2.02. The van der Waals surface area contributed by atoms with Gasteiger partial charge in [0.15, 0.2) is 0 Å². The molecule has 82 valence electrons. The van der Waals surface area contributed by atoms with E-state index >= 15 is 0 Å². The molecule has 0 saturated carbocycles. The summed E-state index contributed by atoms with van der Waals surface area (Å²) in [6.45, 7) is 2.87. The summed E-state index contributed by atoms with van der Waals surface area (Å²) < 4.78 is 5.40. The van der Waals surface area contributed by atoms with Crippen molar-refractivity contribution in [3.63, 3.8) is 0 Å². The van der Waals surface area contributed by atoms with Crippen LogP contribution >= 0.6 is 0 Å². The lowest BCUT2D eigenvalue weighted by Crippen LogP contribution is -2.47. The number of nitrogens with one attached hydrogen (secondary N) is 1. The van der Waals surface area contributed by atoms with E-state index in [1.807, 2.05) is 7.05 Å². The second kappa shape index (κ2) is 4.77. The van der Waals surface area contributed by atoms with Crippen molar-refractivity contribution < 1.29 is 4.74 Å². The van der Waals surface area contributed by atoms with E-state index in [2.05, 4.69) is 35.6 Å². The Hall–Kier alpha value is -0.860. The van der Waals surface area contributed by atoms with Crippen LogP contribution in [0.1, 0.15) is 18.4 Å². The topological polar surface area (TPSA) is 21.3 Å². The van der Waals surface area contributed by atoms with Crippen molar-refractivity contribution in [2.45, 2.75) is 18.3 Å². The van der Waals surface area contributed by atoms with E-state index in [0.717, 1.165) is 19.8 Å². The molecule has 0 radical (unpaired) electrons. The zero-order valence-electron chi connectivity index (χ0n) is 9.33. The highest BCUT2D eigenvalue weighted by atomic mass is 16.5. The van der Waals surface area contributed by atoms with Gasteiger partial charge in [0.25, 0.3) is 0 Å². The van der Waals surface area contributed by atoms with Crippen LogP contribution in [-0.4, -0.2) is 26.8 Å². The molecule has 0 aliphatic carbocycles. The largest absolute Gasteiger partial charge is 0.379 e. The second-order valence-electron chi connectivity index (χ2n) is 4.35. The van der Waals surface area contributed by atoms with Crippen molar-refractivity contribution in [1.29, 1.82) is 0 Å². The third kappa shape index (κ3) is 2.21. The minimum absolute atomic E-state index is 0.304. The molecule has 0 atom stereocenters. The Labute approximate surface area is 91.6 Å². The summed E-state index contributed by atoms with van der Waals surface area (Å²) in [6, 6.07) is 10.8. The molecular weight excluding hydrogens is 186 g/mol. The first-order chi connectivity index (χ1) is 7.37. The number of hydrogen-bond donors (Lipinski definition) is 1. The van der Waals surface area contributed by atoms with Gasteiger partial charge in [-0.3, -0.25) is 0 Å². The van der Waals surface area contributed by atoms with Crippen LogP contribution in [0.15, 0.2) is 30.3 Å². The smallest absolute Gasteiger partial charge is 0.0585 e. The number of hydrogen-bond acceptors (Lipinski definition) is 2. The molecule has 0 spiro atoms. The van der Waals surface area contributed by atoms with Gasteiger partial charge in [0.05, 0.1) is 13.2 Å². The average Bonchev–Trinajstić information content (AvgIpc) is 2.23. The van der Waals surface area contributed by atoms with Gasteiger partial charge in [-0.2, -0.15) is 0 Å². The molecule has 2 rings (SSSR count). The first-order valence-corrected chi connectivity index (χ1v) is 5.65. The molecule has 1 N–H and O–H groups in total. The van der Waals surface area contributed by atoms with E-state index < -0.39 is 0 Å². The van der Waals surface area contributed by atoms with Gasteiger partial charge in [-0.1, -0.05) is 30.3 Å². The molecule has 1 aromatic carbocycles. The summed E-state index contributed by atoms with van der Waals surface area (Å²) in [4.78, 5) is 0. The molecule has 1 aliphatic heterocycles. The van der Waals surface area contributed by atoms with Crippen LogP contribution in [0.25, 0.3) is 0 Å². The maximum Gasteiger partial charge on any atom is 0.0585 e. The molecule has 2 heteroatoms. The highest BCUT2D eigenvalue weighted by Gasteiger charge is 2.39. The fraction of sp³-hybridized carbons (Fsp3) is 0.538. The molecule has 0 aromatic heterocycles. The summed E-state index contributed by atoms with van der Waals surface area (Å²) in [5.41, 5.74) is 1.74. The molecule has 1 aliphatic rings. The van der Waals surface area contributed by atoms with Gasteiger partial charge < -0.3 is 10.1 Å². The Kier molecular flexibility index (Phi) is 3.39. The molecule has 1 fully saturated rings. The van der Waals surface area contributed by atoms with Crippen molar-refractivity contribution in [2.75, 3.05) is 26.8 Å². The van der Waals surface area contributed by atoms with Crippen LogP contribution in [-0.2, 0) is 10.2 Å². The van der Waals surface area contributed by atoms with Crippen LogP contribution in [0.2, 0.25) is 0 Å². The Morgan fingerprint density at radius 2 is 2.00 bits per heavy atom. The van der Waals surface area contributed by atoms with Gasteiger partial charge in [-0.15, -0.1) is 0 Å². The fourth-order valence-corrected chi connectivity index (χ4v) is 2.20. The Morgan fingerprint density at radius 3 is 2.53 bits per heavy atom. The van der Waals surface area contributed by atoms with E-state index in [9.17, 15) is 0 Å². The minimum atomic E-state index is 0.304. The lowest BCUT2D eigenvalue weighted by Gasteiger charge is -2.42. The number of rotatable bonds is 5. The molecule has 1 heterocycles. The number of ether oxygens (including phenoxy) is 1. The van der Waals surface area contributed by atoms with Gasteiger partial charge in [0.2, 0.25) is 0 Å². The van der Waals surface area contributed by atoms with Crippen LogP contribution in [0.3, 0.4) is 0 Å². The molecule has 1 saturated heterocycles. The third-order valence-corrected chi connectivity index (χ3v) is 3.22. The second-order valence-corrected chi connectivity index (χ2v) is 4.35. The van der Waals surface area contributed by atoms with E-state index in [4.69, 9.17) is 4.74 Å². The maximum absolute atomic E-state index is 5.40. The summed E-state index contributed by atoms with van der Waals surface area (Å²) >= 11 is 0. The monoisotopic (exact) mass is 205 g/mol. The van der Waals surface area contributed by atoms with Gasteiger partial charge >= 0.3 is 0 Å². The van der Waals surface area contributed by atoms with Crippen molar-refractivity contribution >= 4 is 0 Å². The predicted octanol–water partition coefficient (Wildman–Crippen LogP) is 1.95. The Bertz CT molecular complexity index is 293. The van der Waals surface area contributed by atoms with Crippen molar-refractivity contribution in [2.24, 2.45) is 0 Å². The molecule has 0 unspecified atom stereocenters. The number of benzene rings is 1. The van der Waals surface area contributed by atoms with Gasteiger partial charge in [-0.05, 0) is 32.0 Å². The SMILES string of the molecule is CNCCCC1(c2ccccc2)COC1. The molecular formula is C13H19NO. The van der Waals surface area contributed by atoms with Crippen molar-refractivity contribution in [3.8, 4) is 0 Å². The quantitative estimate of drug-likeness (QED) is 0.742. The van der Waals surface area contributed by atoms with Crippen LogP contribution in [0.4, 0.5) is 0 Å². The van der Waals surface area contributed by atoms with Crippen LogP contribution < -0.4 is 5.32 Å². The van der Waals surface area contributed by atoms with E-state index in [-0.39, 0.29) is 0 Å². The zero-order chi connectivity index (χ0) is 10.6. The minimum Gasteiger partial charge on any atom is -0.379 e. The first-order valence-electron chi connectivity index (χ1n) is 5.65. The molecule has 2 nitrogen and oxygen atoms in total. The molecule has 0 bridgehead atoms. The molecule has 1 aromatic rings. The van der Waals surface area contributed by atoms with Crippen molar-refractivity contribution in [1.82, 2.24) is 5.32 Å². The standard InChI is InChI=1S/C13H19NO/c1-14-9-5-8-13(10-15-11-13)12-6-3-2-4-7-12/h2-4,6-7,14H,5,8-11H2,1H3. The highest BCUT2D eigenvalue weighted by molar-refractivity contribution is 5.27. The normalized spacial score (nSPS) is 18.5. The lowest BCUT2D eigenvalue weighted by molar-refractivity contribution is -0.0650. The first kappa shape index (κ1) is 10.7. The maximum atomic E-state index is 5.40. The average molecular weight is 205 g/mol. The zero-order valence-corrected chi connectivity index (χ0v) is 9.33. The van der Waals surface area contributed by atoms with E-state index in [1.165, 1.54) is 18.4 Å². The summed E-state index contributed by atoms with van der Waals surface area (Å²) in [5.74, 6) is 0. The van der Waals surface area contributed by atoms with Crippen molar-refractivity contribution in [3.05, 3.63) is 35.9 Å². The predicted molar refractivity (Wildman–Crippen MR) is 62.1 cm³/mol. The van der Waals surface area contributed by atoms with Crippen LogP contribution in [0.5, 0.6) is 0 Å². The highest BCUT2D eigenvalue weighted by Crippen LogP contribution is 2.36. The summed E-state index contributed by atoms with van der Waals surface area (Å²) in [6.07, 6.45) is 2.44. The molecule has 15 heavy (non-hydrogen) atoms. The van der Waals surface area contributed by atoms with Gasteiger partial charge in [-0.25, -0.2) is 0 Å². The van der Waals surface area contributed by atoms with E-state index in [1.54, 1.807) is 0 Å². The lowest BCUT2D eigenvalue weighted by atomic mass is 9.75. The van der Waals surface area contributed by atoms with E-state index in [0.29, 0.717) is 5.41 Å². The third-order valence-electron chi connectivity index (χ3n) is 3.22. The molecule has 0 amide bonds. The summed E-state index contributed by atoms with van der Waals surface area (Å²) in [5, 5.41) is 3.20. The van der Waals surface area contributed by atoms with Gasteiger partial charge in [0, 0.05) is 5.41 Å². The van der Waals surface area contributed by atoms with Gasteiger partial charge in [0.1, 0.15) is 0 Å². The fourth-order valence-electron chi connectivity index (χ4n) is 2.20. The Morgan fingerprint density at radius 1 is 1.27 bits per heavy atom.